The molecule has 1 unspecified atom stereocenters. The molecule has 0 spiro atoms. The minimum absolute atomic E-state index is 0.219. The van der Waals surface area contributed by atoms with Crippen LogP contribution in [0.1, 0.15) is 52.9 Å². The highest BCUT2D eigenvalue weighted by Crippen LogP contribution is 2.37. The second-order valence-corrected chi connectivity index (χ2v) is 7.48. The molecule has 0 saturated carbocycles. The highest BCUT2D eigenvalue weighted by atomic mass is 19.1. The predicted molar refractivity (Wildman–Crippen MR) is 101 cm³/mol. The third-order valence-corrected chi connectivity index (χ3v) is 5.44. The van der Waals surface area contributed by atoms with Crippen molar-refractivity contribution in [1.82, 2.24) is 19.8 Å². The summed E-state index contributed by atoms with van der Waals surface area (Å²) in [4.78, 5) is 2.40. The second-order valence-electron chi connectivity index (χ2n) is 7.48. The van der Waals surface area contributed by atoms with Crippen LogP contribution in [0.2, 0.25) is 0 Å². The maximum Gasteiger partial charge on any atom is 0.138 e. The molecule has 1 aromatic carbocycles. The average Bonchev–Trinajstić information content (AvgIpc) is 3.28. The fourth-order valence-corrected chi connectivity index (χ4v) is 4.29. The van der Waals surface area contributed by atoms with Crippen LogP contribution >= 0.6 is 0 Å². The molecule has 4 rings (SSSR count). The fraction of sp³-hybridized carbons (Fsp3) is 0.429. The Kier molecular flexibility index (Phi) is 4.60. The summed E-state index contributed by atoms with van der Waals surface area (Å²) in [6.07, 6.45) is 2.17. The number of aryl methyl sites for hydroxylation is 4. The van der Waals surface area contributed by atoms with Gasteiger partial charge in [-0.3, -0.25) is 4.90 Å². The van der Waals surface area contributed by atoms with Crippen LogP contribution in [0.3, 0.4) is 0 Å². The summed E-state index contributed by atoms with van der Waals surface area (Å²) in [5, 5.41) is 8.71. The first-order valence-corrected chi connectivity index (χ1v) is 9.43. The van der Waals surface area contributed by atoms with E-state index in [1.165, 1.54) is 11.6 Å². The van der Waals surface area contributed by atoms with E-state index in [2.05, 4.69) is 15.2 Å². The highest BCUT2D eigenvalue weighted by molar-refractivity contribution is 5.42. The number of halogens is 1. The lowest BCUT2D eigenvalue weighted by Gasteiger charge is -2.25. The molecule has 0 radical (unpaired) electrons. The third-order valence-electron chi connectivity index (χ3n) is 5.44. The molecule has 2 aromatic heterocycles. The van der Waals surface area contributed by atoms with Gasteiger partial charge >= 0.3 is 0 Å². The van der Waals surface area contributed by atoms with Crippen molar-refractivity contribution in [1.29, 1.82) is 0 Å². The van der Waals surface area contributed by atoms with Crippen LogP contribution in [0, 0.1) is 33.5 Å². The Labute approximate surface area is 158 Å². The smallest absolute Gasteiger partial charge is 0.138 e. The zero-order chi connectivity index (χ0) is 19.1. The zero-order valence-electron chi connectivity index (χ0n) is 16.3. The van der Waals surface area contributed by atoms with Crippen molar-refractivity contribution in [3.05, 3.63) is 64.1 Å². The summed E-state index contributed by atoms with van der Waals surface area (Å²) < 4.78 is 21.4. The first-order chi connectivity index (χ1) is 12.9. The average molecular weight is 368 g/mol. The van der Waals surface area contributed by atoms with E-state index in [1.54, 1.807) is 6.07 Å². The minimum atomic E-state index is -0.219. The van der Waals surface area contributed by atoms with Crippen molar-refractivity contribution < 1.29 is 8.91 Å². The molecule has 1 saturated heterocycles. The van der Waals surface area contributed by atoms with Gasteiger partial charge in [-0.25, -0.2) is 9.07 Å². The number of hydrogen-bond donors (Lipinski definition) is 0. The SMILES string of the molecule is Cc1cc(C)n(-c2ccc(F)cc2CN2CCCC2c2c(C)noc2C)n1. The monoisotopic (exact) mass is 368 g/mol. The minimum Gasteiger partial charge on any atom is -0.361 e. The van der Waals surface area contributed by atoms with Crippen molar-refractivity contribution in [3.63, 3.8) is 0 Å². The number of hydrogen-bond acceptors (Lipinski definition) is 4. The topological polar surface area (TPSA) is 47.1 Å². The van der Waals surface area contributed by atoms with Crippen LogP contribution in [-0.2, 0) is 6.54 Å². The van der Waals surface area contributed by atoms with Crippen molar-refractivity contribution >= 4 is 0 Å². The van der Waals surface area contributed by atoms with Gasteiger partial charge in [0, 0.05) is 23.8 Å². The van der Waals surface area contributed by atoms with Crippen molar-refractivity contribution in [2.24, 2.45) is 0 Å². The number of rotatable bonds is 4. The number of likely N-dealkylation sites (tertiary alicyclic amines) is 1. The standard InChI is InChI=1S/C21H25FN4O/c1-13-10-14(2)26(23-13)19-8-7-18(22)11-17(19)12-25-9-5-6-20(25)21-15(3)24-27-16(21)4/h7-8,10-11,20H,5-6,9,12H2,1-4H3. The molecule has 27 heavy (non-hydrogen) atoms. The Morgan fingerprint density at radius 3 is 2.67 bits per heavy atom. The van der Waals surface area contributed by atoms with Gasteiger partial charge < -0.3 is 4.52 Å². The maximum absolute atomic E-state index is 14.1. The van der Waals surface area contributed by atoms with Gasteiger partial charge in [-0.15, -0.1) is 0 Å². The predicted octanol–water partition coefficient (Wildman–Crippen LogP) is 4.57. The van der Waals surface area contributed by atoms with Gasteiger partial charge in [0.25, 0.3) is 0 Å². The molecule has 1 aliphatic rings. The van der Waals surface area contributed by atoms with Crippen molar-refractivity contribution in [2.75, 3.05) is 6.54 Å². The largest absolute Gasteiger partial charge is 0.361 e. The van der Waals surface area contributed by atoms with Gasteiger partial charge in [-0.05, 0) is 76.9 Å². The summed E-state index contributed by atoms with van der Waals surface area (Å²) in [6, 6.07) is 7.26. The van der Waals surface area contributed by atoms with Crippen LogP contribution in [-0.4, -0.2) is 26.4 Å². The number of benzene rings is 1. The molecule has 3 aromatic rings. The molecule has 5 nitrogen and oxygen atoms in total. The lowest BCUT2D eigenvalue weighted by molar-refractivity contribution is 0.245. The van der Waals surface area contributed by atoms with Crippen LogP contribution < -0.4 is 0 Å². The number of aromatic nitrogens is 3. The molecular formula is C21H25FN4O. The van der Waals surface area contributed by atoms with Crippen molar-refractivity contribution in [3.8, 4) is 5.69 Å². The van der Waals surface area contributed by atoms with Gasteiger partial charge in [0.1, 0.15) is 11.6 Å². The Morgan fingerprint density at radius 1 is 1.19 bits per heavy atom. The Hall–Kier alpha value is -2.47. The van der Waals surface area contributed by atoms with E-state index in [1.807, 2.05) is 44.5 Å². The van der Waals surface area contributed by atoms with E-state index in [0.717, 1.165) is 53.5 Å². The summed E-state index contributed by atoms with van der Waals surface area (Å²) >= 11 is 0. The van der Waals surface area contributed by atoms with E-state index in [-0.39, 0.29) is 11.9 Å². The molecule has 0 N–H and O–H groups in total. The molecule has 1 atom stereocenters. The van der Waals surface area contributed by atoms with Crippen molar-refractivity contribution in [2.45, 2.75) is 53.1 Å². The van der Waals surface area contributed by atoms with Gasteiger partial charge in [-0.1, -0.05) is 5.16 Å². The molecule has 0 amide bonds. The summed E-state index contributed by atoms with van der Waals surface area (Å²) in [6.45, 7) is 9.60. The van der Waals surface area contributed by atoms with Gasteiger partial charge in [-0.2, -0.15) is 5.10 Å². The molecule has 1 aliphatic heterocycles. The van der Waals surface area contributed by atoms with E-state index in [9.17, 15) is 4.39 Å². The van der Waals surface area contributed by atoms with E-state index < -0.39 is 0 Å². The van der Waals surface area contributed by atoms with E-state index >= 15 is 0 Å². The molecule has 142 valence electrons. The molecule has 6 heteroatoms. The lowest BCUT2D eigenvalue weighted by Crippen LogP contribution is -2.24. The van der Waals surface area contributed by atoms with Crippen LogP contribution in [0.4, 0.5) is 4.39 Å². The maximum atomic E-state index is 14.1. The van der Waals surface area contributed by atoms with Gasteiger partial charge in [0.05, 0.1) is 17.1 Å². The van der Waals surface area contributed by atoms with Gasteiger partial charge in [0.15, 0.2) is 0 Å². The second kappa shape index (κ2) is 6.93. The summed E-state index contributed by atoms with van der Waals surface area (Å²) in [7, 11) is 0. The summed E-state index contributed by atoms with van der Waals surface area (Å²) in [5.74, 6) is 0.658. The van der Waals surface area contributed by atoms with Gasteiger partial charge in [0.2, 0.25) is 0 Å². The third kappa shape index (κ3) is 3.30. The Morgan fingerprint density at radius 2 is 2.00 bits per heavy atom. The molecule has 0 bridgehead atoms. The van der Waals surface area contributed by atoms with Crippen LogP contribution in [0.15, 0.2) is 28.8 Å². The first kappa shape index (κ1) is 17.9. The Balaban J connectivity index is 1.70. The quantitative estimate of drug-likeness (QED) is 0.677. The fourth-order valence-electron chi connectivity index (χ4n) is 4.29. The highest BCUT2D eigenvalue weighted by Gasteiger charge is 2.31. The van der Waals surface area contributed by atoms with E-state index in [4.69, 9.17) is 4.52 Å². The molecule has 3 heterocycles. The first-order valence-electron chi connectivity index (χ1n) is 9.43. The normalized spacial score (nSPS) is 17.7. The lowest BCUT2D eigenvalue weighted by atomic mass is 10.0. The zero-order valence-corrected chi connectivity index (χ0v) is 16.3. The van der Waals surface area contributed by atoms with E-state index in [0.29, 0.717) is 6.54 Å². The van der Waals surface area contributed by atoms with Crippen LogP contribution in [0.25, 0.3) is 5.69 Å². The molecule has 1 fully saturated rings. The Bertz CT molecular complexity index is 955. The van der Waals surface area contributed by atoms with Crippen LogP contribution in [0.5, 0.6) is 0 Å². The summed E-state index contributed by atoms with van der Waals surface area (Å²) in [5.41, 5.74) is 6.01. The molecular weight excluding hydrogens is 343 g/mol. The number of nitrogens with zero attached hydrogens (tertiary/aromatic N) is 4. The molecule has 0 aliphatic carbocycles.